The Morgan fingerprint density at radius 2 is 1.64 bits per heavy atom. The minimum absolute atomic E-state index is 0.173. The number of H-pyrrole nitrogens is 1. The van der Waals surface area contributed by atoms with Gasteiger partial charge in [-0.3, -0.25) is 9.62 Å². The summed E-state index contributed by atoms with van der Waals surface area (Å²) >= 11 is 0. The van der Waals surface area contributed by atoms with Gasteiger partial charge >= 0.3 is 0 Å². The molecule has 1 heterocycles. The minimum Gasteiger partial charge on any atom is -0.384 e. The van der Waals surface area contributed by atoms with Gasteiger partial charge < -0.3 is 5.11 Å². The molecule has 0 saturated carbocycles. The normalized spacial score (nSPS) is 12.4. The van der Waals surface area contributed by atoms with E-state index in [1.54, 1.807) is 31.2 Å². The van der Waals surface area contributed by atoms with E-state index in [1.807, 2.05) is 48.5 Å². The molecular weight excluding hydrogens is 374 g/mol. The molecule has 0 saturated heterocycles. The van der Waals surface area contributed by atoms with Crippen molar-refractivity contribution in [3.8, 4) is 0 Å². The standard InChI is InChI=1S/C21H23N3O3S/c1-2-24(18-11-7-4-8-12-18)28(26,27)19-13-14-21(22-15-19)23-16-20(25)17-9-5-3-6-10-17/h3-15,20,25H,2,16H2,1H3,(H,22,23)/p+1/t20-/m0/s1. The zero-order valence-electron chi connectivity index (χ0n) is 15.6. The quantitative estimate of drug-likeness (QED) is 0.611. The summed E-state index contributed by atoms with van der Waals surface area (Å²) in [5.74, 6) is 0.622. The van der Waals surface area contributed by atoms with Crippen LogP contribution in [-0.2, 0) is 10.0 Å². The highest BCUT2D eigenvalue weighted by Gasteiger charge is 2.24. The number of hydrogen-bond donors (Lipinski definition) is 2. The van der Waals surface area contributed by atoms with Crippen molar-refractivity contribution in [2.75, 3.05) is 22.7 Å². The molecule has 7 heteroatoms. The van der Waals surface area contributed by atoms with E-state index in [-0.39, 0.29) is 4.90 Å². The van der Waals surface area contributed by atoms with Crippen LogP contribution in [0, 0.1) is 0 Å². The van der Waals surface area contributed by atoms with Gasteiger partial charge in [-0.15, -0.1) is 0 Å². The summed E-state index contributed by atoms with van der Waals surface area (Å²) < 4.78 is 27.3. The smallest absolute Gasteiger partial charge is 0.272 e. The Labute approximate surface area is 165 Å². The van der Waals surface area contributed by atoms with Crippen molar-refractivity contribution < 1.29 is 18.5 Å². The number of para-hydroxylation sites is 1. The van der Waals surface area contributed by atoms with Crippen LogP contribution in [0.4, 0.5) is 11.5 Å². The molecule has 0 radical (unpaired) electrons. The molecule has 28 heavy (non-hydrogen) atoms. The van der Waals surface area contributed by atoms with Gasteiger partial charge in [0.25, 0.3) is 15.8 Å². The molecule has 0 aliphatic carbocycles. The SMILES string of the molecule is CCN(c1ccccc1)S(=O)(=O)c1ccc(NC[C@H](O)c2ccccc2)[nH+]c1. The predicted molar refractivity (Wildman–Crippen MR) is 110 cm³/mol. The number of aromatic nitrogens is 1. The molecule has 2 aromatic carbocycles. The molecule has 0 aliphatic rings. The largest absolute Gasteiger partial charge is 0.384 e. The fourth-order valence-corrected chi connectivity index (χ4v) is 4.33. The first-order valence-corrected chi connectivity index (χ1v) is 10.5. The molecule has 1 atom stereocenters. The van der Waals surface area contributed by atoms with Gasteiger partial charge in [0.1, 0.15) is 23.7 Å². The van der Waals surface area contributed by atoms with E-state index >= 15 is 0 Å². The first-order chi connectivity index (χ1) is 13.5. The molecule has 3 aromatic rings. The van der Waals surface area contributed by atoms with Crippen molar-refractivity contribution in [1.29, 1.82) is 0 Å². The lowest BCUT2D eigenvalue weighted by Gasteiger charge is -2.22. The van der Waals surface area contributed by atoms with Crippen LogP contribution in [-0.4, -0.2) is 26.6 Å². The Kier molecular flexibility index (Phi) is 6.28. The lowest BCUT2D eigenvalue weighted by molar-refractivity contribution is -0.364. The second-order valence-corrected chi connectivity index (χ2v) is 8.11. The maximum atomic E-state index is 13.0. The second-order valence-electron chi connectivity index (χ2n) is 6.25. The number of aliphatic hydroxyl groups excluding tert-OH is 1. The molecule has 6 nitrogen and oxygen atoms in total. The van der Waals surface area contributed by atoms with E-state index in [0.717, 1.165) is 5.56 Å². The van der Waals surface area contributed by atoms with E-state index in [1.165, 1.54) is 10.5 Å². The maximum absolute atomic E-state index is 13.0. The number of pyridine rings is 1. The number of anilines is 2. The lowest BCUT2D eigenvalue weighted by Crippen LogP contribution is -2.31. The van der Waals surface area contributed by atoms with Crippen LogP contribution in [0.1, 0.15) is 18.6 Å². The predicted octanol–water partition coefficient (Wildman–Crippen LogP) is 2.86. The van der Waals surface area contributed by atoms with Gasteiger partial charge in [0.05, 0.1) is 5.69 Å². The van der Waals surface area contributed by atoms with Crippen LogP contribution < -0.4 is 14.6 Å². The fraction of sp³-hybridized carbons (Fsp3) is 0.190. The number of hydrogen-bond acceptors (Lipinski definition) is 4. The van der Waals surface area contributed by atoms with Gasteiger partial charge in [-0.25, -0.2) is 13.4 Å². The van der Waals surface area contributed by atoms with Crippen LogP contribution in [0.2, 0.25) is 0 Å². The zero-order chi connectivity index (χ0) is 20.0. The zero-order valence-corrected chi connectivity index (χ0v) is 16.4. The Morgan fingerprint density at radius 1 is 1.00 bits per heavy atom. The molecule has 0 aliphatic heterocycles. The molecular formula is C21H24N3O3S+. The third-order valence-corrected chi connectivity index (χ3v) is 6.27. The maximum Gasteiger partial charge on any atom is 0.272 e. The first-order valence-electron chi connectivity index (χ1n) is 9.09. The molecule has 0 unspecified atom stereocenters. The minimum atomic E-state index is -3.67. The van der Waals surface area contributed by atoms with Crippen LogP contribution in [0.5, 0.6) is 0 Å². The lowest BCUT2D eigenvalue weighted by atomic mass is 10.1. The van der Waals surface area contributed by atoms with E-state index in [4.69, 9.17) is 0 Å². The highest BCUT2D eigenvalue weighted by atomic mass is 32.2. The highest BCUT2D eigenvalue weighted by Crippen LogP contribution is 2.22. The topological polar surface area (TPSA) is 83.8 Å². The number of sulfonamides is 1. The highest BCUT2D eigenvalue weighted by molar-refractivity contribution is 7.92. The van der Waals surface area contributed by atoms with Crippen LogP contribution in [0.25, 0.3) is 0 Å². The number of nitrogens with zero attached hydrogens (tertiary/aromatic N) is 1. The van der Waals surface area contributed by atoms with Crippen molar-refractivity contribution >= 4 is 21.5 Å². The summed E-state index contributed by atoms with van der Waals surface area (Å²) in [6, 6.07) is 21.6. The van der Waals surface area contributed by atoms with Crippen LogP contribution >= 0.6 is 0 Å². The van der Waals surface area contributed by atoms with Crippen LogP contribution in [0.15, 0.2) is 83.9 Å². The van der Waals surface area contributed by atoms with Gasteiger partial charge in [-0.1, -0.05) is 48.5 Å². The number of aromatic amines is 1. The number of aliphatic hydroxyl groups is 1. The molecule has 0 amide bonds. The van der Waals surface area contributed by atoms with Crippen molar-refractivity contribution in [3.63, 3.8) is 0 Å². The molecule has 0 bridgehead atoms. The second kappa shape index (κ2) is 8.86. The van der Waals surface area contributed by atoms with E-state index in [0.29, 0.717) is 24.6 Å². The van der Waals surface area contributed by atoms with Crippen LogP contribution in [0.3, 0.4) is 0 Å². The van der Waals surface area contributed by atoms with Crippen molar-refractivity contribution in [3.05, 3.63) is 84.6 Å². The third-order valence-electron chi connectivity index (χ3n) is 4.37. The Balaban J connectivity index is 1.71. The van der Waals surface area contributed by atoms with Gasteiger partial charge in [-0.05, 0) is 30.7 Å². The summed E-state index contributed by atoms with van der Waals surface area (Å²) in [5, 5.41) is 13.3. The van der Waals surface area contributed by atoms with E-state index < -0.39 is 16.1 Å². The number of benzene rings is 2. The summed E-state index contributed by atoms with van der Waals surface area (Å²) in [6.07, 6.45) is 0.796. The van der Waals surface area contributed by atoms with Gasteiger partial charge in [0.15, 0.2) is 0 Å². The summed E-state index contributed by atoms with van der Waals surface area (Å²) in [4.78, 5) is 3.13. The van der Waals surface area contributed by atoms with E-state index in [2.05, 4.69) is 10.3 Å². The monoisotopic (exact) mass is 398 g/mol. The molecule has 3 rings (SSSR count). The van der Waals surface area contributed by atoms with Gasteiger partial charge in [0.2, 0.25) is 0 Å². The molecule has 3 N–H and O–H groups in total. The molecule has 0 fully saturated rings. The summed E-state index contributed by atoms with van der Waals surface area (Å²) in [6.45, 7) is 2.43. The first kappa shape index (κ1) is 19.9. The fourth-order valence-electron chi connectivity index (χ4n) is 2.89. The summed E-state index contributed by atoms with van der Waals surface area (Å²) in [5.41, 5.74) is 1.44. The van der Waals surface area contributed by atoms with Crippen molar-refractivity contribution in [2.45, 2.75) is 17.9 Å². The summed E-state index contributed by atoms with van der Waals surface area (Å²) in [7, 11) is -3.67. The van der Waals surface area contributed by atoms with Gasteiger partial charge in [0, 0.05) is 12.6 Å². The van der Waals surface area contributed by atoms with Crippen molar-refractivity contribution in [1.82, 2.24) is 0 Å². The average molecular weight is 399 g/mol. The Bertz CT molecular complexity index is 978. The van der Waals surface area contributed by atoms with Crippen molar-refractivity contribution in [2.24, 2.45) is 0 Å². The number of nitrogens with one attached hydrogen (secondary N) is 2. The molecule has 0 spiro atoms. The molecule has 146 valence electrons. The Morgan fingerprint density at radius 3 is 2.21 bits per heavy atom. The van der Waals surface area contributed by atoms with Gasteiger partial charge in [-0.2, -0.15) is 0 Å². The Hall–Kier alpha value is -2.90. The molecule has 1 aromatic heterocycles. The average Bonchev–Trinajstić information content (AvgIpc) is 2.74. The van der Waals surface area contributed by atoms with E-state index in [9.17, 15) is 13.5 Å². The third kappa shape index (κ3) is 4.49. The number of rotatable bonds is 8.